The Bertz CT molecular complexity index is 1370. The van der Waals surface area contributed by atoms with E-state index >= 15 is 0 Å². The smallest absolute Gasteiger partial charge is 0.318 e. The molecule has 8 heteroatoms. The molecule has 4 heterocycles. The van der Waals surface area contributed by atoms with Gasteiger partial charge in [-0.2, -0.15) is 0 Å². The molecule has 0 fully saturated rings. The number of carbonyl (C=O) groups excluding carboxylic acids is 1. The van der Waals surface area contributed by atoms with Crippen molar-refractivity contribution in [2.75, 3.05) is 18.4 Å². The minimum absolute atomic E-state index is 0.0204. The first-order valence-corrected chi connectivity index (χ1v) is 11.2. The van der Waals surface area contributed by atoms with Crippen LogP contribution < -0.4 is 10.6 Å². The number of aromatic amines is 1. The van der Waals surface area contributed by atoms with Crippen LogP contribution in [0.25, 0.3) is 27.6 Å². The number of amides is 2. The average Bonchev–Trinajstić information content (AvgIpc) is 3.37. The van der Waals surface area contributed by atoms with E-state index < -0.39 is 0 Å². The highest BCUT2D eigenvalue weighted by Gasteiger charge is 2.22. The van der Waals surface area contributed by atoms with Gasteiger partial charge in [-0.25, -0.2) is 14.8 Å². The van der Waals surface area contributed by atoms with Gasteiger partial charge < -0.3 is 25.1 Å². The van der Waals surface area contributed by atoms with E-state index in [9.17, 15) is 4.79 Å². The molecule has 8 nitrogen and oxygen atoms in total. The van der Waals surface area contributed by atoms with Gasteiger partial charge in [-0.1, -0.05) is 6.08 Å². The number of imidazole rings is 1. The maximum absolute atomic E-state index is 12.5. The molecule has 1 aromatic carbocycles. The van der Waals surface area contributed by atoms with Gasteiger partial charge in [0.05, 0.1) is 23.0 Å². The number of hydrogen-bond donors (Lipinski definition) is 3. The van der Waals surface area contributed by atoms with E-state index in [1.165, 1.54) is 5.57 Å². The molecule has 170 valence electrons. The topological polar surface area (TPSA) is 90.9 Å². The quantitative estimate of drug-likeness (QED) is 0.425. The molecule has 0 atom stereocenters. The molecule has 3 aromatic heterocycles. The van der Waals surface area contributed by atoms with Crippen molar-refractivity contribution >= 4 is 45.0 Å². The van der Waals surface area contributed by atoms with Gasteiger partial charge in [-0.05, 0) is 63.1 Å². The van der Waals surface area contributed by atoms with Crippen LogP contribution in [0.4, 0.5) is 16.2 Å². The van der Waals surface area contributed by atoms with Crippen LogP contribution in [0.3, 0.4) is 0 Å². The number of benzene rings is 1. The summed E-state index contributed by atoms with van der Waals surface area (Å²) in [6.07, 6.45) is 6.55. The molecule has 4 aromatic rings. The van der Waals surface area contributed by atoms with Gasteiger partial charge in [0, 0.05) is 48.6 Å². The fourth-order valence-corrected chi connectivity index (χ4v) is 4.17. The Morgan fingerprint density at radius 2 is 2.00 bits per heavy atom. The molecule has 0 radical (unpaired) electrons. The van der Waals surface area contributed by atoms with Crippen LogP contribution >= 0.6 is 0 Å². The lowest BCUT2D eigenvalue weighted by Gasteiger charge is -2.30. The molecule has 3 N–H and O–H groups in total. The number of carbonyl (C=O) groups is 1. The SMILES string of the molecule is Cn1cnc2ccc(Nc3ccnc4[nH]c(C5=CCN(C(=O)NC(C)(C)C)CC5)cc34)cc21. The third-order valence-electron chi connectivity index (χ3n) is 5.86. The van der Waals surface area contributed by atoms with E-state index in [0.717, 1.165) is 45.6 Å². The first kappa shape index (κ1) is 21.1. The van der Waals surface area contributed by atoms with Crippen LogP contribution in [-0.2, 0) is 7.05 Å². The lowest BCUT2D eigenvalue weighted by Crippen LogP contribution is -2.49. The van der Waals surface area contributed by atoms with E-state index in [1.54, 1.807) is 6.20 Å². The maximum atomic E-state index is 12.5. The summed E-state index contributed by atoms with van der Waals surface area (Å²) in [5.41, 5.74) is 6.89. The van der Waals surface area contributed by atoms with Crippen LogP contribution in [0.2, 0.25) is 0 Å². The molecule has 0 spiro atoms. The lowest BCUT2D eigenvalue weighted by atomic mass is 10.0. The molecule has 0 bridgehead atoms. The van der Waals surface area contributed by atoms with Crippen LogP contribution in [0.1, 0.15) is 32.9 Å². The molecule has 2 amide bonds. The standard InChI is InChI=1S/C25H29N7O/c1-25(2,3)30-24(33)32-11-8-16(9-12-32)21-14-18-19(7-10-26-23(18)29-21)28-17-5-6-20-22(13-17)31(4)15-27-20/h5-8,10,13-15H,9,11-12H2,1-4H3,(H,30,33)(H2,26,28,29). The summed E-state index contributed by atoms with van der Waals surface area (Å²) < 4.78 is 2.01. The van der Waals surface area contributed by atoms with Crippen LogP contribution in [0, 0.1) is 0 Å². The second-order valence-electron chi connectivity index (χ2n) is 9.59. The fraction of sp³-hybridized carbons (Fsp3) is 0.320. The number of H-pyrrole nitrogens is 1. The van der Waals surface area contributed by atoms with Crippen molar-refractivity contribution in [2.45, 2.75) is 32.7 Å². The summed E-state index contributed by atoms with van der Waals surface area (Å²) in [6.45, 7) is 7.26. The second-order valence-corrected chi connectivity index (χ2v) is 9.59. The highest BCUT2D eigenvalue weighted by Crippen LogP contribution is 2.31. The summed E-state index contributed by atoms with van der Waals surface area (Å²) in [6, 6.07) is 10.3. The van der Waals surface area contributed by atoms with E-state index in [4.69, 9.17) is 0 Å². The molecule has 5 rings (SSSR count). The van der Waals surface area contributed by atoms with Crippen LogP contribution in [-0.4, -0.2) is 49.1 Å². The Hall–Kier alpha value is -3.81. The molecular weight excluding hydrogens is 414 g/mol. The zero-order valence-corrected chi connectivity index (χ0v) is 19.4. The molecule has 1 aliphatic rings. The number of aromatic nitrogens is 4. The van der Waals surface area contributed by atoms with Gasteiger partial charge in [0.1, 0.15) is 5.65 Å². The van der Waals surface area contributed by atoms with Crippen molar-refractivity contribution in [3.63, 3.8) is 0 Å². The number of nitrogens with one attached hydrogen (secondary N) is 3. The highest BCUT2D eigenvalue weighted by molar-refractivity contribution is 5.95. The summed E-state index contributed by atoms with van der Waals surface area (Å²) in [7, 11) is 1.99. The zero-order valence-electron chi connectivity index (χ0n) is 19.4. The maximum Gasteiger partial charge on any atom is 0.318 e. The Morgan fingerprint density at radius 3 is 2.76 bits per heavy atom. The first-order valence-electron chi connectivity index (χ1n) is 11.2. The van der Waals surface area contributed by atoms with Crippen molar-refractivity contribution in [1.82, 2.24) is 29.7 Å². The minimum Gasteiger partial charge on any atom is -0.355 e. The molecule has 33 heavy (non-hydrogen) atoms. The minimum atomic E-state index is -0.241. The first-order chi connectivity index (χ1) is 15.8. The molecule has 0 saturated heterocycles. The predicted octanol–water partition coefficient (Wildman–Crippen LogP) is 4.79. The summed E-state index contributed by atoms with van der Waals surface area (Å²) in [5.74, 6) is 0. The summed E-state index contributed by atoms with van der Waals surface area (Å²) in [5, 5.41) is 7.60. The van der Waals surface area contributed by atoms with Gasteiger partial charge in [0.15, 0.2) is 0 Å². The Kier molecular flexibility index (Phi) is 5.08. The van der Waals surface area contributed by atoms with Gasteiger partial charge in [-0.3, -0.25) is 0 Å². The fourth-order valence-electron chi connectivity index (χ4n) is 4.17. The van der Waals surface area contributed by atoms with E-state index in [0.29, 0.717) is 13.1 Å². The number of fused-ring (bicyclic) bond motifs is 2. The van der Waals surface area contributed by atoms with Crippen LogP contribution in [0.15, 0.2) is 48.9 Å². The summed E-state index contributed by atoms with van der Waals surface area (Å²) in [4.78, 5) is 26.7. The van der Waals surface area contributed by atoms with Gasteiger partial charge in [0.2, 0.25) is 0 Å². The van der Waals surface area contributed by atoms with Crippen molar-refractivity contribution in [3.05, 3.63) is 54.6 Å². The second kappa shape index (κ2) is 7.95. The number of rotatable bonds is 3. The van der Waals surface area contributed by atoms with E-state index in [-0.39, 0.29) is 11.6 Å². The largest absolute Gasteiger partial charge is 0.355 e. The number of nitrogens with zero attached hydrogens (tertiary/aromatic N) is 4. The predicted molar refractivity (Wildman–Crippen MR) is 133 cm³/mol. The van der Waals surface area contributed by atoms with Gasteiger partial charge in [0.25, 0.3) is 0 Å². The zero-order chi connectivity index (χ0) is 23.2. The lowest BCUT2D eigenvalue weighted by molar-refractivity contribution is 0.193. The van der Waals surface area contributed by atoms with Crippen molar-refractivity contribution in [1.29, 1.82) is 0 Å². The van der Waals surface area contributed by atoms with Crippen molar-refractivity contribution in [3.8, 4) is 0 Å². The van der Waals surface area contributed by atoms with Crippen LogP contribution in [0.5, 0.6) is 0 Å². The Labute approximate surface area is 192 Å². The number of hydrogen-bond acceptors (Lipinski definition) is 4. The third-order valence-corrected chi connectivity index (χ3v) is 5.86. The third kappa shape index (κ3) is 4.28. The Morgan fingerprint density at radius 1 is 1.15 bits per heavy atom. The van der Waals surface area contributed by atoms with Crippen molar-refractivity contribution in [2.24, 2.45) is 7.05 Å². The highest BCUT2D eigenvalue weighted by atomic mass is 16.2. The number of aryl methyl sites for hydroxylation is 1. The summed E-state index contributed by atoms with van der Waals surface area (Å²) >= 11 is 0. The number of anilines is 2. The number of urea groups is 1. The average molecular weight is 444 g/mol. The molecule has 0 aliphatic carbocycles. The molecule has 0 unspecified atom stereocenters. The number of pyridine rings is 1. The Balaban J connectivity index is 1.37. The van der Waals surface area contributed by atoms with Crippen molar-refractivity contribution < 1.29 is 4.79 Å². The molecule has 1 aliphatic heterocycles. The monoisotopic (exact) mass is 443 g/mol. The molecule has 0 saturated carbocycles. The molecular formula is C25H29N7O. The van der Waals surface area contributed by atoms with E-state index in [2.05, 4.69) is 43.8 Å². The normalized spacial score (nSPS) is 14.5. The van der Waals surface area contributed by atoms with Gasteiger partial charge in [-0.15, -0.1) is 0 Å². The van der Waals surface area contributed by atoms with Gasteiger partial charge >= 0.3 is 6.03 Å². The van der Waals surface area contributed by atoms with E-state index in [1.807, 2.05) is 61.8 Å².